The molecule has 10 heavy (non-hydrogen) atoms. The molecule has 56 valence electrons. The van der Waals surface area contributed by atoms with Gasteiger partial charge in [0.15, 0.2) is 0 Å². The average molecular weight is 140 g/mol. The van der Waals surface area contributed by atoms with Crippen LogP contribution in [0.15, 0.2) is 0 Å². The first-order valence-corrected chi connectivity index (χ1v) is 4.21. The Morgan fingerprint density at radius 1 is 0.600 bits per heavy atom. The molecular formula is C8H12O2. The summed E-state index contributed by atoms with van der Waals surface area (Å²) in [6.45, 7) is 0. The maximum Gasteiger partial charge on any atom is 0.0628 e. The van der Waals surface area contributed by atoms with Gasteiger partial charge in [0, 0.05) is 0 Å². The molecule has 4 saturated heterocycles. The van der Waals surface area contributed by atoms with Gasteiger partial charge in [-0.15, -0.1) is 0 Å². The zero-order chi connectivity index (χ0) is 6.55. The highest BCUT2D eigenvalue weighted by Crippen LogP contribution is 2.40. The lowest BCUT2D eigenvalue weighted by Gasteiger charge is -2.49. The molecule has 0 atom stereocenters. The zero-order valence-electron chi connectivity index (χ0n) is 5.95. The molecule has 4 fully saturated rings. The fourth-order valence-corrected chi connectivity index (χ4v) is 2.55. The molecule has 4 heterocycles. The van der Waals surface area contributed by atoms with Crippen molar-refractivity contribution >= 4 is 0 Å². The molecule has 0 unspecified atom stereocenters. The fourth-order valence-electron chi connectivity index (χ4n) is 2.55. The first kappa shape index (κ1) is 5.56. The molecule has 0 aromatic carbocycles. The lowest BCUT2D eigenvalue weighted by molar-refractivity contribution is -0.237. The summed E-state index contributed by atoms with van der Waals surface area (Å²) in [7, 11) is 0. The summed E-state index contributed by atoms with van der Waals surface area (Å²) in [4.78, 5) is 0. The second-order valence-electron chi connectivity index (χ2n) is 3.70. The van der Waals surface area contributed by atoms with E-state index >= 15 is 0 Å². The van der Waals surface area contributed by atoms with Gasteiger partial charge in [-0.3, -0.25) is 0 Å². The number of hydrogen-bond acceptors (Lipinski definition) is 2. The van der Waals surface area contributed by atoms with Crippen LogP contribution in [0.2, 0.25) is 0 Å². The van der Waals surface area contributed by atoms with Crippen molar-refractivity contribution in [3.63, 3.8) is 0 Å². The van der Waals surface area contributed by atoms with Gasteiger partial charge in [0.25, 0.3) is 0 Å². The quantitative estimate of drug-likeness (QED) is 0.501. The van der Waals surface area contributed by atoms with Crippen molar-refractivity contribution in [2.24, 2.45) is 0 Å². The normalized spacial score (nSPS) is 57.6. The van der Waals surface area contributed by atoms with Crippen molar-refractivity contribution < 1.29 is 9.47 Å². The maximum absolute atomic E-state index is 5.74. The summed E-state index contributed by atoms with van der Waals surface area (Å²) in [6, 6.07) is 0. The fraction of sp³-hybridized carbons (Fsp3) is 1.00. The van der Waals surface area contributed by atoms with Crippen molar-refractivity contribution in [2.45, 2.75) is 50.1 Å². The summed E-state index contributed by atoms with van der Waals surface area (Å²) in [5, 5.41) is 0. The molecule has 2 heteroatoms. The van der Waals surface area contributed by atoms with E-state index in [1.54, 1.807) is 0 Å². The van der Waals surface area contributed by atoms with Crippen LogP contribution in [0.1, 0.15) is 25.7 Å². The number of rotatable bonds is 0. The number of hydrogen-bond donors (Lipinski definition) is 0. The molecule has 4 bridgehead atoms. The maximum atomic E-state index is 5.74. The molecule has 0 radical (unpaired) electrons. The summed E-state index contributed by atoms with van der Waals surface area (Å²) >= 11 is 0. The smallest absolute Gasteiger partial charge is 0.0628 e. The third-order valence-electron chi connectivity index (χ3n) is 2.87. The molecular weight excluding hydrogens is 128 g/mol. The minimum Gasteiger partial charge on any atom is -0.375 e. The molecule has 0 aromatic rings. The minimum absolute atomic E-state index is 0.552. The van der Waals surface area contributed by atoms with Gasteiger partial charge in [0.05, 0.1) is 24.4 Å². The van der Waals surface area contributed by atoms with Crippen molar-refractivity contribution in [3.05, 3.63) is 0 Å². The highest BCUT2D eigenvalue weighted by atomic mass is 16.5. The Labute approximate surface area is 60.5 Å². The first-order valence-electron chi connectivity index (χ1n) is 4.21. The van der Waals surface area contributed by atoms with E-state index in [2.05, 4.69) is 0 Å². The zero-order valence-corrected chi connectivity index (χ0v) is 5.95. The van der Waals surface area contributed by atoms with Gasteiger partial charge >= 0.3 is 0 Å². The van der Waals surface area contributed by atoms with Gasteiger partial charge in [0.1, 0.15) is 0 Å². The molecule has 0 saturated carbocycles. The Morgan fingerprint density at radius 3 is 1.20 bits per heavy atom. The van der Waals surface area contributed by atoms with Gasteiger partial charge in [0.2, 0.25) is 0 Å². The van der Waals surface area contributed by atoms with Crippen LogP contribution in [-0.4, -0.2) is 24.4 Å². The van der Waals surface area contributed by atoms with Crippen LogP contribution in [0.4, 0.5) is 0 Å². The summed E-state index contributed by atoms with van der Waals surface area (Å²) in [6.07, 6.45) is 6.85. The number of ether oxygens (including phenoxy) is 2. The van der Waals surface area contributed by atoms with E-state index in [0.29, 0.717) is 24.4 Å². The summed E-state index contributed by atoms with van der Waals surface area (Å²) < 4.78 is 11.5. The molecule has 4 aliphatic heterocycles. The molecule has 4 rings (SSSR count). The largest absolute Gasteiger partial charge is 0.375 e. The van der Waals surface area contributed by atoms with E-state index in [0.717, 1.165) is 25.7 Å². The van der Waals surface area contributed by atoms with Crippen LogP contribution in [-0.2, 0) is 9.47 Å². The predicted molar refractivity (Wildman–Crippen MR) is 35.8 cm³/mol. The van der Waals surface area contributed by atoms with E-state index in [-0.39, 0.29) is 0 Å². The second-order valence-corrected chi connectivity index (χ2v) is 3.70. The van der Waals surface area contributed by atoms with E-state index in [1.165, 1.54) is 0 Å². The molecule has 0 amide bonds. The van der Waals surface area contributed by atoms with Gasteiger partial charge < -0.3 is 9.47 Å². The molecule has 2 nitrogen and oxygen atoms in total. The van der Waals surface area contributed by atoms with Crippen LogP contribution in [0, 0.1) is 0 Å². The Kier molecular flexibility index (Phi) is 0.968. The van der Waals surface area contributed by atoms with E-state index in [4.69, 9.17) is 9.47 Å². The van der Waals surface area contributed by atoms with E-state index in [1.807, 2.05) is 0 Å². The van der Waals surface area contributed by atoms with Crippen LogP contribution in [0.3, 0.4) is 0 Å². The highest BCUT2D eigenvalue weighted by molar-refractivity contribution is 4.92. The standard InChI is InChI=1S/C8H12O2/c1-5-2-7-4-8(9-5)3-6(1)10-7/h5-8H,1-4H2. The van der Waals surface area contributed by atoms with Crippen molar-refractivity contribution in [1.82, 2.24) is 0 Å². The topological polar surface area (TPSA) is 18.5 Å². The Morgan fingerprint density at radius 2 is 0.900 bits per heavy atom. The second kappa shape index (κ2) is 1.74. The minimum atomic E-state index is 0.552. The van der Waals surface area contributed by atoms with Gasteiger partial charge in [-0.05, 0) is 25.7 Å². The highest BCUT2D eigenvalue weighted by Gasteiger charge is 2.43. The molecule has 0 aromatic heterocycles. The molecule has 4 aliphatic rings. The van der Waals surface area contributed by atoms with Crippen LogP contribution < -0.4 is 0 Å². The third kappa shape index (κ3) is 0.663. The molecule has 0 spiro atoms. The van der Waals surface area contributed by atoms with E-state index in [9.17, 15) is 0 Å². The lowest BCUT2D eigenvalue weighted by Crippen LogP contribution is -2.52. The SMILES string of the molecule is C1C2CC3CC(CC1O3)O2. The predicted octanol–water partition coefficient (Wildman–Crippen LogP) is 1.10. The van der Waals surface area contributed by atoms with Gasteiger partial charge in [-0.2, -0.15) is 0 Å². The average Bonchev–Trinajstić information content (AvgIpc) is 1.82. The van der Waals surface area contributed by atoms with Crippen molar-refractivity contribution in [3.8, 4) is 0 Å². The molecule has 0 aliphatic carbocycles. The first-order chi connectivity index (χ1) is 4.90. The summed E-state index contributed by atoms with van der Waals surface area (Å²) in [5.74, 6) is 0. The monoisotopic (exact) mass is 140 g/mol. The lowest BCUT2D eigenvalue weighted by atomic mass is 9.84. The molecule has 0 N–H and O–H groups in total. The van der Waals surface area contributed by atoms with Crippen molar-refractivity contribution in [1.29, 1.82) is 0 Å². The Hall–Kier alpha value is -0.0800. The van der Waals surface area contributed by atoms with Gasteiger partial charge in [-0.25, -0.2) is 0 Å². The Balaban J connectivity index is 1.90. The van der Waals surface area contributed by atoms with Crippen LogP contribution >= 0.6 is 0 Å². The van der Waals surface area contributed by atoms with Gasteiger partial charge in [-0.1, -0.05) is 0 Å². The van der Waals surface area contributed by atoms with Crippen LogP contribution in [0.5, 0.6) is 0 Å². The van der Waals surface area contributed by atoms with Crippen molar-refractivity contribution in [2.75, 3.05) is 0 Å². The summed E-state index contributed by atoms with van der Waals surface area (Å²) in [5.41, 5.74) is 0. The third-order valence-corrected chi connectivity index (χ3v) is 2.87. The Bertz CT molecular complexity index is 98.8. The van der Waals surface area contributed by atoms with E-state index < -0.39 is 0 Å². The van der Waals surface area contributed by atoms with Crippen LogP contribution in [0.25, 0.3) is 0 Å².